The van der Waals surface area contributed by atoms with Crippen molar-refractivity contribution in [3.05, 3.63) is 88.5 Å². The Morgan fingerprint density at radius 2 is 1.81 bits per heavy atom. The molecule has 1 N–H and O–H groups in total. The highest BCUT2D eigenvalue weighted by Gasteiger charge is 2.40. The summed E-state index contributed by atoms with van der Waals surface area (Å²) in [7, 11) is 0. The number of dihydropyridines is 1. The van der Waals surface area contributed by atoms with Crippen molar-refractivity contribution in [2.45, 2.75) is 32.1 Å². The van der Waals surface area contributed by atoms with Crippen molar-refractivity contribution < 1.29 is 23.5 Å². The topological polar surface area (TPSA) is 64.6 Å². The van der Waals surface area contributed by atoms with Crippen molar-refractivity contribution in [3.63, 3.8) is 0 Å². The van der Waals surface area contributed by atoms with E-state index >= 15 is 0 Å². The third-order valence-corrected chi connectivity index (χ3v) is 5.54. The first kappa shape index (κ1) is 20.8. The fourth-order valence-corrected chi connectivity index (χ4v) is 4.16. The maximum Gasteiger partial charge on any atom is 0.336 e. The number of rotatable bonds is 6. The molecule has 0 fully saturated rings. The molecule has 160 valence electrons. The van der Waals surface area contributed by atoms with E-state index in [4.69, 9.17) is 9.47 Å². The minimum absolute atomic E-state index is 0.0361. The van der Waals surface area contributed by atoms with Gasteiger partial charge in [-0.3, -0.25) is 4.79 Å². The van der Waals surface area contributed by atoms with Crippen LogP contribution in [-0.4, -0.2) is 25.0 Å². The van der Waals surface area contributed by atoms with Gasteiger partial charge in [0.15, 0.2) is 5.78 Å². The van der Waals surface area contributed by atoms with Crippen LogP contribution in [0.15, 0.2) is 77.1 Å². The van der Waals surface area contributed by atoms with Crippen molar-refractivity contribution >= 4 is 11.8 Å². The average molecular weight is 421 g/mol. The molecule has 1 aliphatic carbocycles. The molecule has 5 nitrogen and oxygen atoms in total. The Morgan fingerprint density at radius 3 is 2.58 bits per heavy atom. The number of ether oxygens (including phenoxy) is 2. The van der Waals surface area contributed by atoms with E-state index in [9.17, 15) is 14.0 Å². The predicted molar refractivity (Wildman–Crippen MR) is 114 cm³/mol. The molecule has 0 saturated carbocycles. The van der Waals surface area contributed by atoms with Gasteiger partial charge in [-0.1, -0.05) is 36.4 Å². The van der Waals surface area contributed by atoms with Crippen LogP contribution in [0, 0.1) is 5.82 Å². The van der Waals surface area contributed by atoms with Crippen molar-refractivity contribution in [2.24, 2.45) is 0 Å². The quantitative estimate of drug-likeness (QED) is 0.553. The first-order valence-corrected chi connectivity index (χ1v) is 10.4. The molecule has 2 aliphatic rings. The number of ketones is 1. The Hall–Kier alpha value is -3.41. The Morgan fingerprint density at radius 1 is 1.06 bits per heavy atom. The molecule has 1 unspecified atom stereocenters. The van der Waals surface area contributed by atoms with Crippen LogP contribution in [0.3, 0.4) is 0 Å². The number of carbonyl (C=O) groups excluding carboxylic acids is 2. The van der Waals surface area contributed by atoms with Gasteiger partial charge in [0.25, 0.3) is 0 Å². The highest BCUT2D eigenvalue weighted by atomic mass is 19.1. The summed E-state index contributed by atoms with van der Waals surface area (Å²) in [6, 6.07) is 15.5. The Bertz CT molecular complexity index is 1060. The summed E-state index contributed by atoms with van der Waals surface area (Å²) >= 11 is 0. The normalized spacial score (nSPS) is 18.4. The minimum Gasteiger partial charge on any atom is -0.490 e. The molecule has 1 atom stereocenters. The van der Waals surface area contributed by atoms with Crippen molar-refractivity contribution in [2.75, 3.05) is 13.2 Å². The van der Waals surface area contributed by atoms with Gasteiger partial charge in [-0.15, -0.1) is 0 Å². The maximum absolute atomic E-state index is 14.8. The number of hydrogen-bond acceptors (Lipinski definition) is 5. The van der Waals surface area contributed by atoms with Gasteiger partial charge in [0, 0.05) is 29.0 Å². The maximum atomic E-state index is 14.8. The number of nitrogens with one attached hydrogen (secondary N) is 1. The van der Waals surface area contributed by atoms with Gasteiger partial charge in [0.05, 0.1) is 11.5 Å². The van der Waals surface area contributed by atoms with E-state index in [0.717, 1.165) is 12.1 Å². The fourth-order valence-electron chi connectivity index (χ4n) is 4.16. The molecule has 4 rings (SSSR count). The first-order chi connectivity index (χ1) is 15.1. The van der Waals surface area contributed by atoms with Crippen LogP contribution >= 0.6 is 0 Å². The van der Waals surface area contributed by atoms with Crippen molar-refractivity contribution in [1.29, 1.82) is 0 Å². The zero-order chi connectivity index (χ0) is 21.8. The number of carbonyl (C=O) groups is 2. The smallest absolute Gasteiger partial charge is 0.336 e. The lowest BCUT2D eigenvalue weighted by molar-refractivity contribution is -0.140. The van der Waals surface area contributed by atoms with E-state index in [2.05, 4.69) is 5.32 Å². The molecule has 0 saturated heterocycles. The van der Waals surface area contributed by atoms with Crippen LogP contribution in [0.4, 0.5) is 4.39 Å². The summed E-state index contributed by atoms with van der Waals surface area (Å²) in [5, 5.41) is 3.20. The molecule has 0 spiro atoms. The Balaban J connectivity index is 1.57. The SMILES string of the molecule is CC1=C(C(=O)OCCOc2ccccc2)C(c2ccccc2F)C2=C(CCCC2=O)N1. The molecule has 2 aromatic carbocycles. The molecule has 31 heavy (non-hydrogen) atoms. The van der Waals surface area contributed by atoms with Gasteiger partial charge >= 0.3 is 5.97 Å². The third-order valence-electron chi connectivity index (χ3n) is 5.54. The number of para-hydroxylation sites is 1. The van der Waals surface area contributed by atoms with Crippen LogP contribution in [0.25, 0.3) is 0 Å². The molecule has 0 aromatic heterocycles. The third kappa shape index (κ3) is 4.38. The molecule has 6 heteroatoms. The second-order valence-electron chi connectivity index (χ2n) is 7.58. The van der Waals surface area contributed by atoms with E-state index < -0.39 is 17.7 Å². The fraction of sp³-hybridized carbons (Fsp3) is 0.280. The second-order valence-corrected chi connectivity index (χ2v) is 7.58. The summed E-state index contributed by atoms with van der Waals surface area (Å²) in [6.07, 6.45) is 1.81. The van der Waals surface area contributed by atoms with Crippen molar-refractivity contribution in [3.8, 4) is 5.75 Å². The summed E-state index contributed by atoms with van der Waals surface area (Å²) < 4.78 is 25.8. The highest BCUT2D eigenvalue weighted by Crippen LogP contribution is 2.43. The van der Waals surface area contributed by atoms with E-state index in [-0.39, 0.29) is 24.6 Å². The number of allylic oxidation sites excluding steroid dienone is 3. The largest absolute Gasteiger partial charge is 0.490 e. The molecule has 0 amide bonds. The Kier molecular flexibility index (Phi) is 6.16. The predicted octanol–water partition coefficient (Wildman–Crippen LogP) is 4.42. The second kappa shape index (κ2) is 9.16. The van der Waals surface area contributed by atoms with Gasteiger partial charge in [0.2, 0.25) is 0 Å². The standard InChI is InChI=1S/C25H24FNO4/c1-16-22(25(29)31-15-14-30-17-8-3-2-4-9-17)23(18-10-5-6-11-19(18)26)24-20(27-16)12-7-13-21(24)28/h2-6,8-11,23,27H,7,12-15H2,1H3. The lowest BCUT2D eigenvalue weighted by Gasteiger charge is -2.34. The lowest BCUT2D eigenvalue weighted by Crippen LogP contribution is -2.35. The number of hydrogen-bond donors (Lipinski definition) is 1. The highest BCUT2D eigenvalue weighted by molar-refractivity contribution is 6.03. The summed E-state index contributed by atoms with van der Waals surface area (Å²) in [6.45, 7) is 1.98. The number of halogens is 1. The summed E-state index contributed by atoms with van der Waals surface area (Å²) in [4.78, 5) is 25.9. The Labute approximate surface area is 180 Å². The van der Waals surface area contributed by atoms with Gasteiger partial charge in [-0.05, 0) is 38.0 Å². The van der Waals surface area contributed by atoms with Crippen molar-refractivity contribution in [1.82, 2.24) is 5.32 Å². The molecule has 1 aliphatic heterocycles. The average Bonchev–Trinajstić information content (AvgIpc) is 2.77. The monoisotopic (exact) mass is 421 g/mol. The van der Waals surface area contributed by atoms with Crippen LogP contribution < -0.4 is 10.1 Å². The van der Waals surface area contributed by atoms with Gasteiger partial charge in [-0.2, -0.15) is 0 Å². The van der Waals surface area contributed by atoms with Gasteiger partial charge in [0.1, 0.15) is 24.8 Å². The van der Waals surface area contributed by atoms with Gasteiger partial charge < -0.3 is 14.8 Å². The van der Waals surface area contributed by atoms with E-state index in [1.165, 1.54) is 6.07 Å². The van der Waals surface area contributed by atoms with Crippen LogP contribution in [0.1, 0.15) is 37.7 Å². The number of Topliss-reactive ketones (excluding diaryl/α,β-unsaturated/α-hetero) is 1. The van der Waals surface area contributed by atoms with Gasteiger partial charge in [-0.25, -0.2) is 9.18 Å². The van der Waals surface area contributed by atoms with Crippen LogP contribution in [0.5, 0.6) is 5.75 Å². The lowest BCUT2D eigenvalue weighted by atomic mass is 9.75. The number of esters is 1. The van der Waals surface area contributed by atoms with E-state index in [1.807, 2.05) is 30.3 Å². The summed E-state index contributed by atoms with van der Waals surface area (Å²) in [5.74, 6) is -1.20. The number of benzene rings is 2. The van der Waals surface area contributed by atoms with E-state index in [0.29, 0.717) is 35.4 Å². The van der Waals surface area contributed by atoms with E-state index in [1.54, 1.807) is 25.1 Å². The molecular formula is C25H24FNO4. The van der Waals surface area contributed by atoms with Crippen LogP contribution in [-0.2, 0) is 14.3 Å². The van der Waals surface area contributed by atoms with Crippen LogP contribution in [0.2, 0.25) is 0 Å². The molecule has 1 heterocycles. The molecular weight excluding hydrogens is 397 g/mol. The zero-order valence-corrected chi connectivity index (χ0v) is 17.3. The summed E-state index contributed by atoms with van der Waals surface area (Å²) in [5.41, 5.74) is 2.38. The molecule has 2 aromatic rings. The molecule has 0 bridgehead atoms. The zero-order valence-electron chi connectivity index (χ0n) is 17.3. The minimum atomic E-state index is -0.784. The first-order valence-electron chi connectivity index (χ1n) is 10.4. The molecule has 0 radical (unpaired) electrons.